The zero-order valence-corrected chi connectivity index (χ0v) is 14.9. The van der Waals surface area contributed by atoms with Crippen molar-refractivity contribution in [3.05, 3.63) is 29.3 Å². The number of hydrogen-bond donors (Lipinski definition) is 2. The fourth-order valence-electron chi connectivity index (χ4n) is 3.19. The van der Waals surface area contributed by atoms with E-state index < -0.39 is 0 Å². The fraction of sp³-hybridized carbons (Fsp3) is 0.647. The number of aliphatic hydroxyl groups is 1. The molecule has 1 aromatic rings. The van der Waals surface area contributed by atoms with Crippen LogP contribution in [0, 0.1) is 12.3 Å². The largest absolute Gasteiger partial charge is 0.496 e. The van der Waals surface area contributed by atoms with Gasteiger partial charge in [-0.2, -0.15) is 0 Å². The second-order valence-corrected chi connectivity index (χ2v) is 6.56. The predicted octanol–water partition coefficient (Wildman–Crippen LogP) is 2.39. The van der Waals surface area contributed by atoms with Crippen LogP contribution in [0.5, 0.6) is 5.75 Å². The maximum atomic E-state index is 9.86. The van der Waals surface area contributed by atoms with Gasteiger partial charge in [0.1, 0.15) is 5.75 Å². The van der Waals surface area contributed by atoms with Gasteiger partial charge in [0.25, 0.3) is 0 Å². The van der Waals surface area contributed by atoms with Crippen molar-refractivity contribution in [2.24, 2.45) is 5.41 Å². The molecule has 0 saturated carbocycles. The second kappa shape index (κ2) is 8.16. The van der Waals surface area contributed by atoms with Gasteiger partial charge >= 0.3 is 0 Å². The van der Waals surface area contributed by atoms with E-state index in [0.29, 0.717) is 0 Å². The molecule has 2 rings (SSSR count). The van der Waals surface area contributed by atoms with Crippen molar-refractivity contribution in [1.29, 1.82) is 0 Å². The minimum absolute atomic E-state index is 0. The second-order valence-electron chi connectivity index (χ2n) is 6.56. The summed E-state index contributed by atoms with van der Waals surface area (Å²) in [4.78, 5) is 2.47. The smallest absolute Gasteiger partial charge is 0.122 e. The first-order valence-corrected chi connectivity index (χ1v) is 7.70. The number of nitrogens with zero attached hydrogens (tertiary/aromatic N) is 1. The summed E-state index contributed by atoms with van der Waals surface area (Å²) in [5.41, 5.74) is 2.16. The molecule has 1 heterocycles. The van der Waals surface area contributed by atoms with Gasteiger partial charge in [-0.3, -0.25) is 4.90 Å². The van der Waals surface area contributed by atoms with Gasteiger partial charge in [0.15, 0.2) is 0 Å². The number of piperazine rings is 1. The van der Waals surface area contributed by atoms with E-state index in [0.717, 1.165) is 37.5 Å². The highest BCUT2D eigenvalue weighted by atomic mass is 35.5. The first-order chi connectivity index (χ1) is 9.99. The van der Waals surface area contributed by atoms with Crippen LogP contribution in [-0.4, -0.2) is 49.9 Å². The van der Waals surface area contributed by atoms with Crippen LogP contribution in [0.15, 0.2) is 18.2 Å². The summed E-state index contributed by atoms with van der Waals surface area (Å²) >= 11 is 0. The number of nitrogens with one attached hydrogen (secondary N) is 1. The number of aliphatic hydroxyl groups excluding tert-OH is 1. The number of halogens is 1. The topological polar surface area (TPSA) is 44.7 Å². The van der Waals surface area contributed by atoms with Gasteiger partial charge in [0.2, 0.25) is 0 Å². The summed E-state index contributed by atoms with van der Waals surface area (Å²) < 4.78 is 5.48. The van der Waals surface area contributed by atoms with Crippen LogP contribution in [-0.2, 0) is 0 Å². The van der Waals surface area contributed by atoms with Crippen molar-refractivity contribution in [2.45, 2.75) is 26.8 Å². The Labute approximate surface area is 140 Å². The lowest BCUT2D eigenvalue weighted by Crippen LogP contribution is -2.49. The van der Waals surface area contributed by atoms with Gasteiger partial charge in [-0.25, -0.2) is 0 Å². The molecule has 126 valence electrons. The van der Waals surface area contributed by atoms with E-state index in [-0.39, 0.29) is 30.5 Å². The molecule has 0 bridgehead atoms. The van der Waals surface area contributed by atoms with E-state index in [2.05, 4.69) is 49.2 Å². The van der Waals surface area contributed by atoms with Gasteiger partial charge in [-0.1, -0.05) is 26.0 Å². The lowest BCUT2D eigenvalue weighted by molar-refractivity contribution is 0.0304. The molecule has 0 aromatic heterocycles. The highest BCUT2D eigenvalue weighted by Crippen LogP contribution is 2.39. The third-order valence-electron chi connectivity index (χ3n) is 4.41. The first-order valence-electron chi connectivity index (χ1n) is 7.70. The molecular weight excluding hydrogens is 300 g/mol. The minimum Gasteiger partial charge on any atom is -0.496 e. The number of aryl methyl sites for hydroxylation is 1. The maximum absolute atomic E-state index is 9.86. The first kappa shape index (κ1) is 19.2. The van der Waals surface area contributed by atoms with Crippen molar-refractivity contribution < 1.29 is 9.84 Å². The Kier molecular flexibility index (Phi) is 7.13. The Hall–Kier alpha value is -0.810. The number of benzene rings is 1. The molecule has 0 amide bonds. The predicted molar refractivity (Wildman–Crippen MR) is 93.0 cm³/mol. The van der Waals surface area contributed by atoms with Crippen molar-refractivity contribution in [3.8, 4) is 5.75 Å². The van der Waals surface area contributed by atoms with Gasteiger partial charge in [0, 0.05) is 44.2 Å². The number of ether oxygens (including phenoxy) is 1. The van der Waals surface area contributed by atoms with Crippen LogP contribution in [0.3, 0.4) is 0 Å². The van der Waals surface area contributed by atoms with E-state index in [4.69, 9.17) is 4.74 Å². The Morgan fingerprint density at radius 3 is 2.50 bits per heavy atom. The summed E-state index contributed by atoms with van der Waals surface area (Å²) in [6.45, 7) is 10.5. The molecule has 0 spiro atoms. The Balaban J connectivity index is 0.00000242. The normalized spacial score (nSPS) is 17.7. The Morgan fingerprint density at radius 2 is 1.95 bits per heavy atom. The van der Waals surface area contributed by atoms with Crippen molar-refractivity contribution >= 4 is 12.4 Å². The quantitative estimate of drug-likeness (QED) is 0.871. The van der Waals surface area contributed by atoms with Gasteiger partial charge in [-0.05, 0) is 24.1 Å². The molecule has 22 heavy (non-hydrogen) atoms. The average Bonchev–Trinajstić information content (AvgIpc) is 2.50. The molecule has 0 unspecified atom stereocenters. The lowest BCUT2D eigenvalue weighted by Gasteiger charge is -2.43. The van der Waals surface area contributed by atoms with E-state index >= 15 is 0 Å². The molecule has 1 atom stereocenters. The van der Waals surface area contributed by atoms with Crippen LogP contribution < -0.4 is 10.1 Å². The lowest BCUT2D eigenvalue weighted by atomic mass is 9.79. The van der Waals surface area contributed by atoms with Crippen LogP contribution in [0.25, 0.3) is 0 Å². The van der Waals surface area contributed by atoms with Crippen LogP contribution in [0.4, 0.5) is 0 Å². The number of hydrogen-bond acceptors (Lipinski definition) is 4. The summed E-state index contributed by atoms with van der Waals surface area (Å²) in [6.07, 6.45) is 0. The van der Waals surface area contributed by atoms with Crippen LogP contribution in [0.1, 0.15) is 31.0 Å². The van der Waals surface area contributed by atoms with Crippen LogP contribution >= 0.6 is 12.4 Å². The molecule has 0 radical (unpaired) electrons. The number of rotatable bonds is 5. The molecule has 0 aliphatic carbocycles. The molecule has 1 fully saturated rings. The van der Waals surface area contributed by atoms with Gasteiger partial charge < -0.3 is 15.2 Å². The SMILES string of the molecule is COc1cc([C@H](N2CCNCC2)C(C)(C)CO)ccc1C.Cl. The third-order valence-corrected chi connectivity index (χ3v) is 4.41. The summed E-state index contributed by atoms with van der Waals surface area (Å²) in [6, 6.07) is 6.59. The average molecular weight is 329 g/mol. The summed E-state index contributed by atoms with van der Waals surface area (Å²) in [5.74, 6) is 0.918. The Morgan fingerprint density at radius 1 is 1.32 bits per heavy atom. The van der Waals surface area contributed by atoms with Gasteiger partial charge in [-0.15, -0.1) is 12.4 Å². The molecule has 1 aromatic carbocycles. The fourth-order valence-corrected chi connectivity index (χ4v) is 3.19. The monoisotopic (exact) mass is 328 g/mol. The zero-order chi connectivity index (χ0) is 15.5. The van der Waals surface area contributed by atoms with E-state index in [1.54, 1.807) is 7.11 Å². The molecular formula is C17H29ClN2O2. The highest BCUT2D eigenvalue weighted by Gasteiger charge is 2.35. The molecule has 1 saturated heterocycles. The highest BCUT2D eigenvalue weighted by molar-refractivity contribution is 5.85. The van der Waals surface area contributed by atoms with Crippen molar-refractivity contribution in [2.75, 3.05) is 39.9 Å². The molecule has 4 nitrogen and oxygen atoms in total. The summed E-state index contributed by atoms with van der Waals surface area (Å²) in [7, 11) is 1.71. The van der Waals surface area contributed by atoms with Crippen molar-refractivity contribution in [3.63, 3.8) is 0 Å². The zero-order valence-electron chi connectivity index (χ0n) is 14.1. The van der Waals surface area contributed by atoms with E-state index in [1.807, 2.05) is 0 Å². The van der Waals surface area contributed by atoms with Crippen LogP contribution in [0.2, 0.25) is 0 Å². The standard InChI is InChI=1S/C17H28N2O2.ClH/c1-13-5-6-14(11-15(13)21-4)16(17(2,3)12-20)19-9-7-18-8-10-19;/h5-6,11,16,18,20H,7-10,12H2,1-4H3;1H/t16-;/m0./s1. The molecule has 1 aliphatic heterocycles. The minimum atomic E-state index is -0.197. The summed E-state index contributed by atoms with van der Waals surface area (Å²) in [5, 5.41) is 13.3. The molecule has 5 heteroatoms. The maximum Gasteiger partial charge on any atom is 0.122 e. The third kappa shape index (κ3) is 4.13. The Bertz CT molecular complexity index is 474. The number of methoxy groups -OCH3 is 1. The molecule has 1 aliphatic rings. The van der Waals surface area contributed by atoms with E-state index in [9.17, 15) is 5.11 Å². The van der Waals surface area contributed by atoms with E-state index in [1.165, 1.54) is 5.56 Å². The molecule has 2 N–H and O–H groups in total. The van der Waals surface area contributed by atoms with Crippen molar-refractivity contribution in [1.82, 2.24) is 10.2 Å². The van der Waals surface area contributed by atoms with Gasteiger partial charge in [0.05, 0.1) is 7.11 Å².